The number of carbonyl (C=O) groups is 1. The minimum Gasteiger partial charge on any atom is -0.375 e. The number of hydrogen-bond donors (Lipinski definition) is 2. The molecule has 3 rings (SSSR count). The van der Waals surface area contributed by atoms with Crippen LogP contribution in [0.5, 0.6) is 0 Å². The number of anilines is 2. The number of amides is 1. The maximum atomic E-state index is 12.6. The molecule has 0 fully saturated rings. The van der Waals surface area contributed by atoms with Gasteiger partial charge in [0.25, 0.3) is 11.5 Å². The van der Waals surface area contributed by atoms with Gasteiger partial charge in [-0.15, -0.1) is 0 Å². The van der Waals surface area contributed by atoms with E-state index in [0.717, 1.165) is 29.9 Å². The second-order valence-corrected chi connectivity index (χ2v) is 6.94. The molecule has 1 heterocycles. The second kappa shape index (κ2) is 9.19. The molecule has 0 aliphatic rings. The number of H-pyrrole nitrogens is 1. The van der Waals surface area contributed by atoms with Gasteiger partial charge in [-0.2, -0.15) is 0 Å². The first-order valence-electron chi connectivity index (χ1n) is 9.83. The van der Waals surface area contributed by atoms with Crippen LogP contribution in [-0.2, 0) is 6.42 Å². The number of benzene rings is 2. The summed E-state index contributed by atoms with van der Waals surface area (Å²) >= 11 is 0. The predicted molar refractivity (Wildman–Crippen MR) is 118 cm³/mol. The smallest absolute Gasteiger partial charge is 0.255 e. The molecule has 29 heavy (non-hydrogen) atoms. The van der Waals surface area contributed by atoms with Crippen LogP contribution < -0.4 is 15.8 Å². The zero-order valence-electron chi connectivity index (χ0n) is 17.0. The van der Waals surface area contributed by atoms with Gasteiger partial charge in [0.05, 0.1) is 0 Å². The van der Waals surface area contributed by atoms with Crippen LogP contribution in [0.1, 0.15) is 36.3 Å². The van der Waals surface area contributed by atoms with E-state index < -0.39 is 0 Å². The van der Waals surface area contributed by atoms with Crippen molar-refractivity contribution in [1.82, 2.24) is 9.97 Å². The number of aromatic nitrogens is 2. The summed E-state index contributed by atoms with van der Waals surface area (Å²) in [4.78, 5) is 33.8. The largest absolute Gasteiger partial charge is 0.375 e. The first kappa shape index (κ1) is 20.3. The zero-order chi connectivity index (χ0) is 20.8. The molecule has 6 nitrogen and oxygen atoms in total. The summed E-state index contributed by atoms with van der Waals surface area (Å²) in [7, 11) is 2.04. The highest BCUT2D eigenvalue weighted by Crippen LogP contribution is 2.20. The molecular formula is C23H26N4O2. The normalized spacial score (nSPS) is 10.6. The molecule has 0 atom stereocenters. The van der Waals surface area contributed by atoms with E-state index in [1.54, 1.807) is 6.07 Å². The van der Waals surface area contributed by atoms with E-state index in [0.29, 0.717) is 23.5 Å². The molecule has 0 aliphatic heterocycles. The molecule has 150 valence electrons. The van der Waals surface area contributed by atoms with Gasteiger partial charge in [-0.3, -0.25) is 9.59 Å². The van der Waals surface area contributed by atoms with Gasteiger partial charge in [0.1, 0.15) is 5.82 Å². The maximum absolute atomic E-state index is 12.6. The second-order valence-electron chi connectivity index (χ2n) is 6.94. The average Bonchev–Trinajstić information content (AvgIpc) is 2.73. The predicted octanol–water partition coefficient (Wildman–Crippen LogP) is 4.10. The lowest BCUT2D eigenvalue weighted by molar-refractivity contribution is 0.102. The molecule has 2 N–H and O–H groups in total. The highest BCUT2D eigenvalue weighted by molar-refractivity contribution is 6.04. The lowest BCUT2D eigenvalue weighted by atomic mass is 10.1. The van der Waals surface area contributed by atoms with E-state index in [9.17, 15) is 9.59 Å². The molecule has 0 spiro atoms. The maximum Gasteiger partial charge on any atom is 0.255 e. The van der Waals surface area contributed by atoms with E-state index in [2.05, 4.69) is 27.1 Å². The van der Waals surface area contributed by atoms with Crippen LogP contribution in [-0.4, -0.2) is 29.5 Å². The molecule has 0 saturated heterocycles. The number of hydrogen-bond acceptors (Lipinski definition) is 4. The third kappa shape index (κ3) is 5.10. The van der Waals surface area contributed by atoms with Crippen molar-refractivity contribution in [2.75, 3.05) is 23.8 Å². The third-order valence-corrected chi connectivity index (χ3v) is 4.68. The molecule has 2 aromatic carbocycles. The van der Waals surface area contributed by atoms with E-state index in [1.807, 2.05) is 56.4 Å². The van der Waals surface area contributed by atoms with E-state index in [1.165, 1.54) is 6.07 Å². The van der Waals surface area contributed by atoms with Gasteiger partial charge in [0.15, 0.2) is 0 Å². The van der Waals surface area contributed by atoms with E-state index in [4.69, 9.17) is 0 Å². The summed E-state index contributed by atoms with van der Waals surface area (Å²) in [5, 5.41) is 2.91. The van der Waals surface area contributed by atoms with Gasteiger partial charge < -0.3 is 15.2 Å². The van der Waals surface area contributed by atoms with Gasteiger partial charge in [-0.25, -0.2) is 4.98 Å². The number of aromatic amines is 1. The summed E-state index contributed by atoms with van der Waals surface area (Å²) in [5.41, 5.74) is 3.59. The Morgan fingerprint density at radius 1 is 1.10 bits per heavy atom. The summed E-state index contributed by atoms with van der Waals surface area (Å²) in [6.07, 6.45) is 1.74. The molecule has 1 aromatic heterocycles. The zero-order valence-corrected chi connectivity index (χ0v) is 17.0. The Balaban J connectivity index is 1.77. The van der Waals surface area contributed by atoms with Crippen molar-refractivity contribution in [3.8, 4) is 11.4 Å². The Morgan fingerprint density at radius 2 is 1.86 bits per heavy atom. The van der Waals surface area contributed by atoms with Crippen molar-refractivity contribution < 1.29 is 4.79 Å². The summed E-state index contributed by atoms with van der Waals surface area (Å²) in [6.45, 7) is 5.05. The van der Waals surface area contributed by atoms with Crippen LogP contribution >= 0.6 is 0 Å². The van der Waals surface area contributed by atoms with Gasteiger partial charge in [0, 0.05) is 47.9 Å². The van der Waals surface area contributed by atoms with Gasteiger partial charge in [-0.05, 0) is 49.2 Å². The van der Waals surface area contributed by atoms with Crippen LogP contribution in [0.25, 0.3) is 11.4 Å². The van der Waals surface area contributed by atoms with Crippen molar-refractivity contribution in [3.05, 3.63) is 76.2 Å². The van der Waals surface area contributed by atoms with Crippen molar-refractivity contribution >= 4 is 17.3 Å². The molecule has 0 unspecified atom stereocenters. The quantitative estimate of drug-likeness (QED) is 0.637. The summed E-state index contributed by atoms with van der Waals surface area (Å²) < 4.78 is 0. The fourth-order valence-electron chi connectivity index (χ4n) is 3.11. The minimum absolute atomic E-state index is 0.185. The monoisotopic (exact) mass is 390 g/mol. The van der Waals surface area contributed by atoms with Crippen LogP contribution in [0.2, 0.25) is 0 Å². The van der Waals surface area contributed by atoms with E-state index in [-0.39, 0.29) is 11.5 Å². The Bertz CT molecular complexity index is 1040. The average molecular weight is 390 g/mol. The fraction of sp³-hybridized carbons (Fsp3) is 0.261. The number of rotatable bonds is 7. The number of nitrogens with one attached hydrogen (secondary N) is 2. The van der Waals surface area contributed by atoms with Crippen LogP contribution in [0.3, 0.4) is 0 Å². The first-order valence-corrected chi connectivity index (χ1v) is 9.83. The highest BCUT2D eigenvalue weighted by Gasteiger charge is 2.09. The molecule has 0 radical (unpaired) electrons. The molecule has 1 amide bonds. The Labute approximate surface area is 170 Å². The highest BCUT2D eigenvalue weighted by atomic mass is 16.1. The van der Waals surface area contributed by atoms with Crippen molar-refractivity contribution in [3.63, 3.8) is 0 Å². The minimum atomic E-state index is -0.186. The number of carbonyl (C=O) groups excluding carboxylic acids is 1. The lowest BCUT2D eigenvalue weighted by Gasteiger charge is -2.18. The van der Waals surface area contributed by atoms with Crippen LogP contribution in [0, 0.1) is 0 Å². The van der Waals surface area contributed by atoms with Gasteiger partial charge in [0.2, 0.25) is 0 Å². The third-order valence-electron chi connectivity index (χ3n) is 4.68. The molecule has 0 bridgehead atoms. The molecule has 6 heteroatoms. The number of aryl methyl sites for hydroxylation is 1. The summed E-state index contributed by atoms with van der Waals surface area (Å²) in [6, 6.07) is 16.3. The first-order chi connectivity index (χ1) is 14.0. The van der Waals surface area contributed by atoms with Crippen molar-refractivity contribution in [2.24, 2.45) is 0 Å². The summed E-state index contributed by atoms with van der Waals surface area (Å²) in [5.74, 6) is 0.310. The molecule has 3 aromatic rings. The molecule has 0 aliphatic carbocycles. The van der Waals surface area contributed by atoms with Crippen molar-refractivity contribution in [2.45, 2.75) is 26.7 Å². The molecular weight excluding hydrogens is 364 g/mol. The van der Waals surface area contributed by atoms with Gasteiger partial charge in [-0.1, -0.05) is 26.0 Å². The Kier molecular flexibility index (Phi) is 6.44. The van der Waals surface area contributed by atoms with Crippen LogP contribution in [0.4, 0.5) is 11.4 Å². The SMILES string of the molecule is CCCN(C)c1ccc(C(=O)Nc2cccc(-c3nc(CC)cc(=O)[nH]3)c2)cc1. The standard InChI is InChI=1S/C23H26N4O2/c1-4-13-27(3)20-11-9-16(10-12-20)23(29)25-19-8-6-7-17(14-19)22-24-18(5-2)15-21(28)26-22/h6-12,14-15H,4-5,13H2,1-3H3,(H,25,29)(H,24,26,28). The van der Waals surface area contributed by atoms with Crippen molar-refractivity contribution in [1.29, 1.82) is 0 Å². The number of nitrogens with zero attached hydrogens (tertiary/aromatic N) is 2. The lowest BCUT2D eigenvalue weighted by Crippen LogP contribution is -2.18. The fourth-order valence-corrected chi connectivity index (χ4v) is 3.11. The molecule has 0 saturated carbocycles. The van der Waals surface area contributed by atoms with Gasteiger partial charge >= 0.3 is 0 Å². The Morgan fingerprint density at radius 3 is 2.55 bits per heavy atom. The Hall–Kier alpha value is -3.41. The topological polar surface area (TPSA) is 78.1 Å². The van der Waals surface area contributed by atoms with Crippen LogP contribution in [0.15, 0.2) is 59.4 Å². The van der Waals surface area contributed by atoms with E-state index >= 15 is 0 Å².